The highest BCUT2D eigenvalue weighted by molar-refractivity contribution is 6.05. The molecule has 1 amide bonds. The van der Waals surface area contributed by atoms with Crippen molar-refractivity contribution in [3.63, 3.8) is 0 Å². The highest BCUT2D eigenvalue weighted by atomic mass is 16.1. The molecular formula is C16H21N3O. The summed E-state index contributed by atoms with van der Waals surface area (Å²) in [6, 6.07) is 8.00. The van der Waals surface area contributed by atoms with Crippen LogP contribution in [0.3, 0.4) is 0 Å². The van der Waals surface area contributed by atoms with Crippen molar-refractivity contribution in [3.8, 4) is 0 Å². The largest absolute Gasteiger partial charge is 0.361 e. The van der Waals surface area contributed by atoms with E-state index in [1.54, 1.807) is 0 Å². The van der Waals surface area contributed by atoms with Crippen molar-refractivity contribution in [2.75, 3.05) is 13.1 Å². The average molecular weight is 271 g/mol. The minimum Gasteiger partial charge on any atom is -0.361 e. The lowest BCUT2D eigenvalue weighted by Crippen LogP contribution is -2.44. The molecule has 1 fully saturated rings. The Kier molecular flexibility index (Phi) is 3.74. The van der Waals surface area contributed by atoms with Gasteiger partial charge >= 0.3 is 0 Å². The summed E-state index contributed by atoms with van der Waals surface area (Å²) in [4.78, 5) is 15.6. The molecule has 3 N–H and O–H groups in total. The third-order valence-corrected chi connectivity index (χ3v) is 4.23. The zero-order chi connectivity index (χ0) is 13.9. The quantitative estimate of drug-likeness (QED) is 0.802. The van der Waals surface area contributed by atoms with Gasteiger partial charge in [-0.05, 0) is 50.9 Å². The maximum atomic E-state index is 12.5. The molecule has 0 bridgehead atoms. The zero-order valence-corrected chi connectivity index (χ0v) is 11.8. The van der Waals surface area contributed by atoms with Gasteiger partial charge in [0.05, 0.1) is 11.1 Å². The summed E-state index contributed by atoms with van der Waals surface area (Å²) in [5.41, 5.74) is 1.64. The normalized spacial score (nSPS) is 20.8. The minimum absolute atomic E-state index is 0.0103. The Bertz CT molecular complexity index is 599. The molecule has 2 unspecified atom stereocenters. The molecule has 1 saturated heterocycles. The van der Waals surface area contributed by atoms with Gasteiger partial charge in [0.1, 0.15) is 0 Å². The van der Waals surface area contributed by atoms with Crippen LogP contribution in [0, 0.1) is 5.92 Å². The van der Waals surface area contributed by atoms with E-state index in [9.17, 15) is 4.79 Å². The smallest absolute Gasteiger partial charge is 0.253 e. The molecule has 3 rings (SSSR count). The lowest BCUT2D eigenvalue weighted by Gasteiger charge is -2.29. The van der Waals surface area contributed by atoms with Crippen LogP contribution in [0.5, 0.6) is 0 Å². The van der Waals surface area contributed by atoms with Crippen molar-refractivity contribution >= 4 is 16.8 Å². The fourth-order valence-electron chi connectivity index (χ4n) is 2.98. The van der Waals surface area contributed by atoms with Gasteiger partial charge in [0, 0.05) is 17.6 Å². The first-order chi connectivity index (χ1) is 9.75. The van der Waals surface area contributed by atoms with Crippen LogP contribution in [0.1, 0.15) is 30.1 Å². The van der Waals surface area contributed by atoms with Gasteiger partial charge in [-0.2, -0.15) is 0 Å². The van der Waals surface area contributed by atoms with Crippen molar-refractivity contribution < 1.29 is 4.79 Å². The second-order valence-corrected chi connectivity index (χ2v) is 5.62. The lowest BCUT2D eigenvalue weighted by molar-refractivity contribution is 0.0923. The van der Waals surface area contributed by atoms with E-state index in [0.29, 0.717) is 5.92 Å². The topological polar surface area (TPSA) is 56.9 Å². The fourth-order valence-corrected chi connectivity index (χ4v) is 2.98. The molecule has 2 aromatic rings. The number of rotatable bonds is 3. The highest BCUT2D eigenvalue weighted by Gasteiger charge is 2.22. The number of piperidine rings is 1. The van der Waals surface area contributed by atoms with Crippen LogP contribution in [0.4, 0.5) is 0 Å². The molecule has 1 aliphatic heterocycles. The number of hydrogen-bond acceptors (Lipinski definition) is 2. The van der Waals surface area contributed by atoms with E-state index in [1.165, 1.54) is 12.8 Å². The number of amides is 1. The molecule has 0 radical (unpaired) electrons. The highest BCUT2D eigenvalue weighted by Crippen LogP contribution is 2.18. The second-order valence-electron chi connectivity index (χ2n) is 5.62. The number of para-hydroxylation sites is 1. The number of fused-ring (bicyclic) bond motifs is 1. The Hall–Kier alpha value is -1.81. The average Bonchev–Trinajstić information content (AvgIpc) is 2.96. The molecule has 4 heteroatoms. The van der Waals surface area contributed by atoms with E-state index in [-0.39, 0.29) is 11.9 Å². The lowest BCUT2D eigenvalue weighted by atomic mass is 9.92. The van der Waals surface area contributed by atoms with Gasteiger partial charge in [-0.25, -0.2) is 0 Å². The van der Waals surface area contributed by atoms with Crippen LogP contribution in [0.2, 0.25) is 0 Å². The molecular weight excluding hydrogens is 250 g/mol. The van der Waals surface area contributed by atoms with Gasteiger partial charge in [-0.1, -0.05) is 12.1 Å². The van der Waals surface area contributed by atoms with E-state index in [1.807, 2.05) is 30.5 Å². The molecule has 106 valence electrons. The molecule has 1 aromatic carbocycles. The van der Waals surface area contributed by atoms with E-state index < -0.39 is 0 Å². The second kappa shape index (κ2) is 5.67. The first-order valence-corrected chi connectivity index (χ1v) is 7.33. The summed E-state index contributed by atoms with van der Waals surface area (Å²) >= 11 is 0. The van der Waals surface area contributed by atoms with Gasteiger partial charge in [-0.15, -0.1) is 0 Å². The van der Waals surface area contributed by atoms with Crippen LogP contribution < -0.4 is 10.6 Å². The Morgan fingerprint density at radius 1 is 1.40 bits per heavy atom. The molecule has 20 heavy (non-hydrogen) atoms. The van der Waals surface area contributed by atoms with Crippen molar-refractivity contribution in [1.82, 2.24) is 15.6 Å². The monoisotopic (exact) mass is 271 g/mol. The van der Waals surface area contributed by atoms with Crippen LogP contribution in [-0.4, -0.2) is 30.0 Å². The van der Waals surface area contributed by atoms with Crippen LogP contribution >= 0.6 is 0 Å². The SMILES string of the molecule is CC(NC(=O)c1cccc2cc[nH]c12)C1CCCNC1. The molecule has 4 nitrogen and oxygen atoms in total. The summed E-state index contributed by atoms with van der Waals surface area (Å²) in [6.45, 7) is 4.19. The molecule has 0 spiro atoms. The van der Waals surface area contributed by atoms with Crippen LogP contribution in [-0.2, 0) is 0 Å². The Balaban J connectivity index is 1.74. The van der Waals surface area contributed by atoms with E-state index in [0.717, 1.165) is 29.6 Å². The Morgan fingerprint density at radius 3 is 3.10 bits per heavy atom. The fraction of sp³-hybridized carbons (Fsp3) is 0.438. The van der Waals surface area contributed by atoms with E-state index in [4.69, 9.17) is 0 Å². The maximum absolute atomic E-state index is 12.5. The Labute approximate surface area is 118 Å². The number of H-pyrrole nitrogens is 1. The number of aromatic amines is 1. The molecule has 1 aromatic heterocycles. The van der Waals surface area contributed by atoms with Gasteiger partial charge < -0.3 is 15.6 Å². The first kappa shape index (κ1) is 13.2. The van der Waals surface area contributed by atoms with Gasteiger partial charge in [0.15, 0.2) is 0 Å². The van der Waals surface area contributed by atoms with Crippen molar-refractivity contribution in [3.05, 3.63) is 36.0 Å². The van der Waals surface area contributed by atoms with E-state index in [2.05, 4.69) is 22.5 Å². The zero-order valence-electron chi connectivity index (χ0n) is 11.8. The summed E-state index contributed by atoms with van der Waals surface area (Å²) < 4.78 is 0. The van der Waals surface area contributed by atoms with Gasteiger partial charge in [0.25, 0.3) is 5.91 Å². The number of nitrogens with one attached hydrogen (secondary N) is 3. The standard InChI is InChI=1S/C16H21N3O/c1-11(13-5-3-8-17-10-13)19-16(20)14-6-2-4-12-7-9-18-15(12)14/h2,4,6-7,9,11,13,17-18H,3,5,8,10H2,1H3,(H,19,20). The van der Waals surface area contributed by atoms with Crippen LogP contribution in [0.25, 0.3) is 10.9 Å². The van der Waals surface area contributed by atoms with Gasteiger partial charge in [0.2, 0.25) is 0 Å². The molecule has 2 heterocycles. The first-order valence-electron chi connectivity index (χ1n) is 7.33. The third kappa shape index (κ3) is 2.56. The summed E-state index contributed by atoms with van der Waals surface area (Å²) in [5, 5.41) is 7.62. The van der Waals surface area contributed by atoms with Crippen molar-refractivity contribution in [2.45, 2.75) is 25.8 Å². The van der Waals surface area contributed by atoms with Crippen LogP contribution in [0.15, 0.2) is 30.5 Å². The van der Waals surface area contributed by atoms with Crippen molar-refractivity contribution in [1.29, 1.82) is 0 Å². The molecule has 2 atom stereocenters. The van der Waals surface area contributed by atoms with Crippen molar-refractivity contribution in [2.24, 2.45) is 5.92 Å². The summed E-state index contributed by atoms with van der Waals surface area (Å²) in [5.74, 6) is 0.534. The minimum atomic E-state index is 0.0103. The van der Waals surface area contributed by atoms with Gasteiger partial charge in [-0.3, -0.25) is 4.79 Å². The number of aromatic nitrogens is 1. The third-order valence-electron chi connectivity index (χ3n) is 4.23. The maximum Gasteiger partial charge on any atom is 0.253 e. The number of benzene rings is 1. The predicted molar refractivity (Wildman–Crippen MR) is 80.8 cm³/mol. The molecule has 1 aliphatic rings. The molecule has 0 saturated carbocycles. The number of hydrogen-bond donors (Lipinski definition) is 3. The van der Waals surface area contributed by atoms with E-state index >= 15 is 0 Å². The number of carbonyl (C=O) groups is 1. The summed E-state index contributed by atoms with van der Waals surface area (Å²) in [7, 11) is 0. The summed E-state index contributed by atoms with van der Waals surface area (Å²) in [6.07, 6.45) is 4.24. The Morgan fingerprint density at radius 2 is 2.30 bits per heavy atom. The molecule has 0 aliphatic carbocycles. The number of carbonyl (C=O) groups excluding carboxylic acids is 1. The predicted octanol–water partition coefficient (Wildman–Crippen LogP) is 2.29.